The molecule has 9 heteroatoms. The van der Waals surface area contributed by atoms with Crippen LogP contribution in [0.4, 0.5) is 11.6 Å². The molecule has 2 aliphatic heterocycles. The standard InChI is InChI=1S/C37H38N4O5/c1-45-31-9-3-25(4-10-31)35(42)27-15-19-40(20-16-27)33-13-7-29(23-38-33)37(44)30-8-14-34(39-24-30)41-21-17-28(18-22-41)36(43)26-5-11-32(46-2)12-6-26/h3-14,23-24,27-28H,15-22H2,1-2H3. The monoisotopic (exact) mass is 618 g/mol. The number of aromatic nitrogens is 2. The SMILES string of the molecule is COc1ccc(C(=O)C2CCN(c3ccc(C(=O)c4ccc(N5CCC(C(=O)c6ccc(OC)cc6)CC5)nc4)cn3)CC2)cc1. The summed E-state index contributed by atoms with van der Waals surface area (Å²) >= 11 is 0. The Kier molecular flexibility index (Phi) is 9.38. The minimum absolute atomic E-state index is 0.0193. The summed E-state index contributed by atoms with van der Waals surface area (Å²) in [4.78, 5) is 52.7. The van der Waals surface area contributed by atoms with E-state index in [2.05, 4.69) is 19.8 Å². The average Bonchev–Trinajstić information content (AvgIpc) is 3.14. The lowest BCUT2D eigenvalue weighted by Gasteiger charge is -2.32. The minimum Gasteiger partial charge on any atom is -0.497 e. The van der Waals surface area contributed by atoms with Crippen LogP contribution in [0.5, 0.6) is 11.5 Å². The predicted octanol–water partition coefficient (Wildman–Crippen LogP) is 5.92. The molecule has 9 nitrogen and oxygen atoms in total. The molecule has 2 fully saturated rings. The Morgan fingerprint density at radius 3 is 1.20 bits per heavy atom. The lowest BCUT2D eigenvalue weighted by atomic mass is 9.89. The smallest absolute Gasteiger partial charge is 0.196 e. The van der Waals surface area contributed by atoms with E-state index >= 15 is 0 Å². The van der Waals surface area contributed by atoms with Crippen molar-refractivity contribution >= 4 is 29.0 Å². The topological polar surface area (TPSA) is 102 Å². The largest absolute Gasteiger partial charge is 0.497 e. The first kappa shape index (κ1) is 31.0. The Morgan fingerprint density at radius 1 is 0.543 bits per heavy atom. The molecular weight excluding hydrogens is 580 g/mol. The van der Waals surface area contributed by atoms with Crippen molar-refractivity contribution in [3.63, 3.8) is 0 Å². The predicted molar refractivity (Wildman–Crippen MR) is 176 cm³/mol. The third kappa shape index (κ3) is 6.78. The molecule has 0 amide bonds. The third-order valence-corrected chi connectivity index (χ3v) is 9.15. The van der Waals surface area contributed by atoms with Crippen LogP contribution in [0, 0.1) is 11.8 Å². The van der Waals surface area contributed by atoms with Crippen LogP contribution in [0.25, 0.3) is 0 Å². The van der Waals surface area contributed by atoms with Crippen molar-refractivity contribution in [1.82, 2.24) is 9.97 Å². The van der Waals surface area contributed by atoms with Crippen LogP contribution < -0.4 is 19.3 Å². The van der Waals surface area contributed by atoms with Crippen molar-refractivity contribution in [1.29, 1.82) is 0 Å². The molecule has 0 unspecified atom stereocenters. The van der Waals surface area contributed by atoms with Crippen molar-refractivity contribution in [2.45, 2.75) is 25.7 Å². The normalized spacial score (nSPS) is 15.8. The van der Waals surface area contributed by atoms with Crippen molar-refractivity contribution in [3.05, 3.63) is 107 Å². The van der Waals surface area contributed by atoms with Crippen molar-refractivity contribution in [3.8, 4) is 11.5 Å². The van der Waals surface area contributed by atoms with Crippen LogP contribution in [-0.4, -0.2) is 67.7 Å². The fraction of sp³-hybridized carbons (Fsp3) is 0.324. The van der Waals surface area contributed by atoms with Crippen LogP contribution in [0.3, 0.4) is 0 Å². The number of Topliss-reactive ketones (excluding diaryl/α,β-unsaturated/α-hetero) is 2. The van der Waals surface area contributed by atoms with Crippen LogP contribution >= 0.6 is 0 Å². The summed E-state index contributed by atoms with van der Waals surface area (Å²) in [5.74, 6) is 3.23. The zero-order valence-corrected chi connectivity index (χ0v) is 26.2. The quantitative estimate of drug-likeness (QED) is 0.200. The molecule has 236 valence electrons. The summed E-state index contributed by atoms with van der Waals surface area (Å²) in [5, 5.41) is 0. The van der Waals surface area contributed by atoms with Crippen molar-refractivity contribution in [2.24, 2.45) is 11.8 Å². The number of nitrogens with zero attached hydrogens (tertiary/aromatic N) is 4. The summed E-state index contributed by atoms with van der Waals surface area (Å²) in [5.41, 5.74) is 2.43. The molecule has 6 rings (SSSR count). The summed E-state index contributed by atoms with van der Waals surface area (Å²) < 4.78 is 10.4. The number of ketones is 3. The van der Waals surface area contributed by atoms with Gasteiger partial charge in [0, 0.05) is 72.7 Å². The number of carbonyl (C=O) groups excluding carboxylic acids is 3. The Balaban J connectivity index is 0.995. The molecule has 4 aromatic rings. The van der Waals surface area contributed by atoms with Crippen molar-refractivity contribution < 1.29 is 23.9 Å². The molecule has 2 aromatic heterocycles. The summed E-state index contributed by atoms with van der Waals surface area (Å²) in [6.45, 7) is 2.91. The van der Waals surface area contributed by atoms with E-state index < -0.39 is 0 Å². The van der Waals surface area contributed by atoms with E-state index in [1.54, 1.807) is 38.7 Å². The third-order valence-electron chi connectivity index (χ3n) is 9.15. The summed E-state index contributed by atoms with van der Waals surface area (Å²) in [6, 6.07) is 21.9. The molecule has 2 saturated heterocycles. The zero-order chi connectivity index (χ0) is 32.0. The van der Waals surface area contributed by atoms with E-state index in [0.717, 1.165) is 75.0 Å². The van der Waals surface area contributed by atoms with Crippen LogP contribution in [-0.2, 0) is 0 Å². The number of pyridine rings is 2. The lowest BCUT2D eigenvalue weighted by molar-refractivity contribution is 0.0893. The number of anilines is 2. The van der Waals surface area contributed by atoms with Gasteiger partial charge < -0.3 is 19.3 Å². The lowest BCUT2D eigenvalue weighted by Crippen LogP contribution is -2.37. The fourth-order valence-corrected chi connectivity index (χ4v) is 6.31. The number of hydrogen-bond donors (Lipinski definition) is 0. The van der Waals surface area contributed by atoms with E-state index in [4.69, 9.17) is 9.47 Å². The van der Waals surface area contributed by atoms with E-state index in [0.29, 0.717) is 22.3 Å². The van der Waals surface area contributed by atoms with Gasteiger partial charge in [-0.25, -0.2) is 9.97 Å². The van der Waals surface area contributed by atoms with Gasteiger partial charge in [0.15, 0.2) is 17.3 Å². The molecule has 0 spiro atoms. The summed E-state index contributed by atoms with van der Waals surface area (Å²) in [7, 11) is 3.22. The number of methoxy groups -OCH3 is 2. The minimum atomic E-state index is -0.134. The van der Waals surface area contributed by atoms with Gasteiger partial charge in [-0.3, -0.25) is 14.4 Å². The van der Waals surface area contributed by atoms with Crippen molar-refractivity contribution in [2.75, 3.05) is 50.2 Å². The number of carbonyl (C=O) groups is 3. The van der Waals surface area contributed by atoms with Gasteiger partial charge >= 0.3 is 0 Å². The molecule has 0 bridgehead atoms. The molecular formula is C37H38N4O5. The maximum absolute atomic E-state index is 13.2. The van der Waals surface area contributed by atoms with E-state index in [-0.39, 0.29) is 29.2 Å². The zero-order valence-electron chi connectivity index (χ0n) is 26.2. The molecule has 4 heterocycles. The number of piperidine rings is 2. The molecule has 0 aliphatic carbocycles. The van der Waals surface area contributed by atoms with Gasteiger partial charge in [0.05, 0.1) is 14.2 Å². The highest BCUT2D eigenvalue weighted by atomic mass is 16.5. The average molecular weight is 619 g/mol. The first-order valence-electron chi connectivity index (χ1n) is 15.8. The molecule has 0 radical (unpaired) electrons. The van der Waals surface area contributed by atoms with Gasteiger partial charge in [-0.1, -0.05) is 0 Å². The van der Waals surface area contributed by atoms with Crippen LogP contribution in [0.1, 0.15) is 62.3 Å². The maximum Gasteiger partial charge on any atom is 0.196 e. The van der Waals surface area contributed by atoms with E-state index in [1.807, 2.05) is 60.7 Å². The van der Waals surface area contributed by atoms with Gasteiger partial charge in [-0.05, 0) is 98.5 Å². The second-order valence-electron chi connectivity index (χ2n) is 11.8. The Bertz CT molecular complexity index is 1530. The fourth-order valence-electron chi connectivity index (χ4n) is 6.31. The number of benzene rings is 2. The highest BCUT2D eigenvalue weighted by Crippen LogP contribution is 2.28. The van der Waals surface area contributed by atoms with Gasteiger partial charge in [0.25, 0.3) is 0 Å². The molecule has 46 heavy (non-hydrogen) atoms. The Morgan fingerprint density at radius 2 is 0.891 bits per heavy atom. The first-order valence-corrected chi connectivity index (χ1v) is 15.8. The second-order valence-corrected chi connectivity index (χ2v) is 11.8. The molecule has 0 saturated carbocycles. The van der Waals surface area contributed by atoms with E-state index in [1.165, 1.54) is 0 Å². The molecule has 0 atom stereocenters. The highest BCUT2D eigenvalue weighted by Gasteiger charge is 2.28. The van der Waals surface area contributed by atoms with Gasteiger partial charge in [-0.15, -0.1) is 0 Å². The maximum atomic E-state index is 13.2. The number of hydrogen-bond acceptors (Lipinski definition) is 9. The summed E-state index contributed by atoms with van der Waals surface area (Å²) in [6.07, 6.45) is 6.24. The molecule has 2 aliphatic rings. The van der Waals surface area contributed by atoms with Gasteiger partial charge in [0.2, 0.25) is 0 Å². The second kappa shape index (κ2) is 13.9. The number of ether oxygens (including phenoxy) is 2. The van der Waals surface area contributed by atoms with Gasteiger partial charge in [0.1, 0.15) is 23.1 Å². The van der Waals surface area contributed by atoms with E-state index in [9.17, 15) is 14.4 Å². The molecule has 2 aromatic carbocycles. The van der Waals surface area contributed by atoms with Crippen LogP contribution in [0.15, 0.2) is 85.2 Å². The Hall–Kier alpha value is -5.05. The van der Waals surface area contributed by atoms with Gasteiger partial charge in [-0.2, -0.15) is 0 Å². The first-order chi connectivity index (χ1) is 22.4. The number of rotatable bonds is 10. The Labute approximate surface area is 269 Å². The highest BCUT2D eigenvalue weighted by molar-refractivity contribution is 6.08. The van der Waals surface area contributed by atoms with Crippen LogP contribution in [0.2, 0.25) is 0 Å². The molecule has 0 N–H and O–H groups in total.